The van der Waals surface area contributed by atoms with Gasteiger partial charge in [0, 0.05) is 24.9 Å². The van der Waals surface area contributed by atoms with Crippen LogP contribution in [0.25, 0.3) is 0 Å². The molecule has 0 fully saturated rings. The van der Waals surface area contributed by atoms with Gasteiger partial charge < -0.3 is 10.4 Å². The number of benzene rings is 1. The molecule has 0 spiro atoms. The lowest BCUT2D eigenvalue weighted by molar-refractivity contribution is -0.384. The third kappa shape index (κ3) is 2.58. The van der Waals surface area contributed by atoms with Crippen LogP contribution in [-0.4, -0.2) is 25.7 Å². The maximum absolute atomic E-state index is 12.0. The van der Waals surface area contributed by atoms with Crippen LogP contribution in [0.4, 0.5) is 11.4 Å². The Kier molecular flexibility index (Phi) is 3.65. The molecule has 20 heavy (non-hydrogen) atoms. The number of nitrogens with zero attached hydrogens (tertiary/aromatic N) is 3. The van der Waals surface area contributed by atoms with E-state index in [9.17, 15) is 20.0 Å². The number of hydrogen-bond donors (Lipinski definition) is 2. The highest BCUT2D eigenvalue weighted by atomic mass is 16.6. The van der Waals surface area contributed by atoms with E-state index in [0.29, 0.717) is 12.2 Å². The number of phenols is 1. The summed E-state index contributed by atoms with van der Waals surface area (Å²) in [5, 5.41) is 26.7. The van der Waals surface area contributed by atoms with Gasteiger partial charge in [0.15, 0.2) is 0 Å². The topological polar surface area (TPSA) is 110 Å². The third-order valence-corrected chi connectivity index (χ3v) is 2.69. The maximum Gasteiger partial charge on any atom is 0.274 e. The first-order chi connectivity index (χ1) is 9.52. The number of amides is 1. The largest absolute Gasteiger partial charge is 0.506 e. The van der Waals surface area contributed by atoms with Crippen molar-refractivity contribution < 1.29 is 14.8 Å². The Balaban J connectivity index is 2.28. The molecule has 0 aliphatic rings. The number of nitro benzene ring substituents is 1. The second kappa shape index (κ2) is 5.39. The van der Waals surface area contributed by atoms with Crippen LogP contribution in [0.15, 0.2) is 30.5 Å². The predicted octanol–water partition coefficient (Wildman–Crippen LogP) is 1.77. The molecule has 1 aromatic carbocycles. The van der Waals surface area contributed by atoms with E-state index in [2.05, 4.69) is 10.4 Å². The van der Waals surface area contributed by atoms with Crippen molar-refractivity contribution in [2.45, 2.75) is 13.5 Å². The molecule has 2 N–H and O–H groups in total. The Bertz CT molecular complexity index is 665. The van der Waals surface area contributed by atoms with Gasteiger partial charge in [-0.1, -0.05) is 0 Å². The molecule has 0 saturated heterocycles. The van der Waals surface area contributed by atoms with Crippen LogP contribution in [0.3, 0.4) is 0 Å². The van der Waals surface area contributed by atoms with E-state index >= 15 is 0 Å². The minimum atomic E-state index is -0.606. The summed E-state index contributed by atoms with van der Waals surface area (Å²) >= 11 is 0. The Morgan fingerprint density at radius 3 is 2.90 bits per heavy atom. The minimum absolute atomic E-state index is 0.0203. The number of aromatic hydroxyl groups is 1. The van der Waals surface area contributed by atoms with Crippen molar-refractivity contribution in [1.29, 1.82) is 0 Å². The first-order valence-electron chi connectivity index (χ1n) is 5.83. The molecule has 8 nitrogen and oxygen atoms in total. The van der Waals surface area contributed by atoms with Gasteiger partial charge in [0.1, 0.15) is 11.4 Å². The van der Waals surface area contributed by atoms with Crippen molar-refractivity contribution in [3.05, 3.63) is 46.3 Å². The summed E-state index contributed by atoms with van der Waals surface area (Å²) in [6.07, 6.45) is 1.48. The van der Waals surface area contributed by atoms with Gasteiger partial charge in [-0.15, -0.1) is 0 Å². The molecule has 0 saturated carbocycles. The predicted molar refractivity (Wildman–Crippen MR) is 70.6 cm³/mol. The van der Waals surface area contributed by atoms with Crippen LogP contribution in [-0.2, 0) is 6.54 Å². The number of nitrogens with one attached hydrogen (secondary N) is 1. The second-order valence-electron chi connectivity index (χ2n) is 3.94. The molecule has 0 aliphatic heterocycles. The Hall–Kier alpha value is -2.90. The molecule has 2 aromatic rings. The molecule has 0 bridgehead atoms. The zero-order valence-electron chi connectivity index (χ0n) is 10.6. The normalized spacial score (nSPS) is 10.2. The highest BCUT2D eigenvalue weighted by Crippen LogP contribution is 2.28. The standard InChI is InChI=1S/C12H12N4O4/c1-2-15-10(5-6-13-15)12(18)14-9-7-8(16(19)20)3-4-11(9)17/h3-7,17H,2H2,1H3,(H,14,18). The van der Waals surface area contributed by atoms with Gasteiger partial charge in [0.05, 0.1) is 10.6 Å². The Morgan fingerprint density at radius 2 is 2.25 bits per heavy atom. The number of nitro groups is 1. The van der Waals surface area contributed by atoms with Gasteiger partial charge in [-0.2, -0.15) is 5.10 Å². The molecule has 1 aromatic heterocycles. The fourth-order valence-electron chi connectivity index (χ4n) is 1.70. The Labute approximate surface area is 113 Å². The SMILES string of the molecule is CCn1nccc1C(=O)Nc1cc([N+](=O)[O-])ccc1O. The number of hydrogen-bond acceptors (Lipinski definition) is 5. The number of rotatable bonds is 4. The molecular formula is C12H12N4O4. The number of non-ortho nitro benzene ring substituents is 1. The molecule has 0 unspecified atom stereocenters. The fraction of sp³-hybridized carbons (Fsp3) is 0.167. The van der Waals surface area contributed by atoms with Gasteiger partial charge >= 0.3 is 0 Å². The lowest BCUT2D eigenvalue weighted by Gasteiger charge is -2.08. The van der Waals surface area contributed by atoms with Crippen LogP contribution < -0.4 is 5.32 Å². The zero-order chi connectivity index (χ0) is 14.7. The fourth-order valence-corrected chi connectivity index (χ4v) is 1.70. The molecular weight excluding hydrogens is 264 g/mol. The highest BCUT2D eigenvalue weighted by Gasteiger charge is 2.16. The summed E-state index contributed by atoms with van der Waals surface area (Å²) in [5.74, 6) is -0.744. The van der Waals surface area contributed by atoms with Crippen molar-refractivity contribution in [3.8, 4) is 5.75 Å². The average Bonchev–Trinajstić information content (AvgIpc) is 2.89. The van der Waals surface area contributed by atoms with Crippen LogP contribution in [0.1, 0.15) is 17.4 Å². The van der Waals surface area contributed by atoms with E-state index in [-0.39, 0.29) is 17.1 Å². The van der Waals surface area contributed by atoms with E-state index in [0.717, 1.165) is 18.2 Å². The summed E-state index contributed by atoms with van der Waals surface area (Å²) in [5.41, 5.74) is 0.0635. The smallest absolute Gasteiger partial charge is 0.274 e. The number of carbonyl (C=O) groups is 1. The average molecular weight is 276 g/mol. The molecule has 8 heteroatoms. The lowest BCUT2D eigenvalue weighted by atomic mass is 10.2. The molecule has 0 radical (unpaired) electrons. The first-order valence-corrected chi connectivity index (χ1v) is 5.83. The third-order valence-electron chi connectivity index (χ3n) is 2.69. The monoisotopic (exact) mass is 276 g/mol. The van der Waals surface area contributed by atoms with Crippen molar-refractivity contribution >= 4 is 17.3 Å². The number of aromatic nitrogens is 2. The second-order valence-corrected chi connectivity index (χ2v) is 3.94. The van der Waals surface area contributed by atoms with Crippen molar-refractivity contribution in [2.75, 3.05) is 5.32 Å². The molecule has 1 amide bonds. The van der Waals surface area contributed by atoms with Crippen molar-refractivity contribution in [3.63, 3.8) is 0 Å². The summed E-state index contributed by atoms with van der Waals surface area (Å²) in [4.78, 5) is 22.1. The summed E-state index contributed by atoms with van der Waals surface area (Å²) in [7, 11) is 0. The zero-order valence-corrected chi connectivity index (χ0v) is 10.6. The van der Waals surface area contributed by atoms with E-state index in [1.54, 1.807) is 0 Å². The van der Waals surface area contributed by atoms with Crippen LogP contribution >= 0.6 is 0 Å². The molecule has 104 valence electrons. The van der Waals surface area contributed by atoms with Crippen LogP contribution in [0, 0.1) is 10.1 Å². The first kappa shape index (κ1) is 13.5. The maximum atomic E-state index is 12.0. The Morgan fingerprint density at radius 1 is 1.50 bits per heavy atom. The van der Waals surface area contributed by atoms with Gasteiger partial charge in [-0.3, -0.25) is 19.6 Å². The highest BCUT2D eigenvalue weighted by molar-refractivity contribution is 6.04. The molecule has 2 rings (SSSR count). The number of anilines is 1. The van der Waals surface area contributed by atoms with E-state index < -0.39 is 10.8 Å². The van der Waals surface area contributed by atoms with Gasteiger partial charge in [0.2, 0.25) is 0 Å². The van der Waals surface area contributed by atoms with Crippen LogP contribution in [0.5, 0.6) is 5.75 Å². The van der Waals surface area contributed by atoms with Gasteiger partial charge in [-0.05, 0) is 19.1 Å². The van der Waals surface area contributed by atoms with Crippen molar-refractivity contribution in [1.82, 2.24) is 9.78 Å². The van der Waals surface area contributed by atoms with E-state index in [1.165, 1.54) is 16.9 Å². The lowest BCUT2D eigenvalue weighted by Crippen LogP contribution is -2.17. The molecule has 0 aliphatic carbocycles. The summed E-state index contributed by atoms with van der Waals surface area (Å²) in [6, 6.07) is 4.93. The van der Waals surface area contributed by atoms with E-state index in [4.69, 9.17) is 0 Å². The minimum Gasteiger partial charge on any atom is -0.506 e. The number of carbonyl (C=O) groups excluding carboxylic acids is 1. The van der Waals surface area contributed by atoms with Crippen LogP contribution in [0.2, 0.25) is 0 Å². The summed E-state index contributed by atoms with van der Waals surface area (Å²) < 4.78 is 1.48. The molecule has 1 heterocycles. The quantitative estimate of drug-likeness (QED) is 0.502. The summed E-state index contributed by atoms with van der Waals surface area (Å²) in [6.45, 7) is 2.34. The van der Waals surface area contributed by atoms with E-state index in [1.807, 2.05) is 6.92 Å². The van der Waals surface area contributed by atoms with Gasteiger partial charge in [-0.25, -0.2) is 0 Å². The number of aryl methyl sites for hydroxylation is 1. The van der Waals surface area contributed by atoms with Crippen molar-refractivity contribution in [2.24, 2.45) is 0 Å². The molecule has 0 atom stereocenters. The number of phenolic OH excluding ortho intramolecular Hbond substituents is 1. The van der Waals surface area contributed by atoms with Gasteiger partial charge in [0.25, 0.3) is 11.6 Å².